The van der Waals surface area contributed by atoms with Crippen LogP contribution < -0.4 is 4.80 Å². The number of hydrogen-bond donors (Lipinski definition) is 0. The van der Waals surface area contributed by atoms with Gasteiger partial charge in [-0.15, -0.1) is 11.3 Å². The highest BCUT2D eigenvalue weighted by Crippen LogP contribution is 2.20. The van der Waals surface area contributed by atoms with Crippen molar-refractivity contribution in [3.05, 3.63) is 75.2 Å². The highest BCUT2D eigenvalue weighted by molar-refractivity contribution is 7.07. The quantitative estimate of drug-likeness (QED) is 0.459. The third-order valence-electron chi connectivity index (χ3n) is 4.11. The Hall–Kier alpha value is -2.57. The van der Waals surface area contributed by atoms with Gasteiger partial charge >= 0.3 is 0 Å². The van der Waals surface area contributed by atoms with Crippen LogP contribution in [-0.2, 0) is 4.74 Å². The van der Waals surface area contributed by atoms with E-state index in [-0.39, 0.29) is 5.82 Å². The van der Waals surface area contributed by atoms with E-state index in [1.54, 1.807) is 23.9 Å². The predicted molar refractivity (Wildman–Crippen MR) is 109 cm³/mol. The number of nitrogens with zero attached hydrogens (tertiary/aromatic N) is 3. The third kappa shape index (κ3) is 4.78. The Morgan fingerprint density at radius 3 is 2.63 bits per heavy atom. The van der Waals surface area contributed by atoms with E-state index in [0.29, 0.717) is 13.2 Å². The van der Waals surface area contributed by atoms with Gasteiger partial charge in [-0.1, -0.05) is 23.8 Å². The number of thiazole rings is 1. The second kappa shape index (κ2) is 8.88. The zero-order chi connectivity index (χ0) is 19.2. The molecule has 0 amide bonds. The fraction of sp³-hybridized carbons (Fsp3) is 0.238. The van der Waals surface area contributed by atoms with Crippen LogP contribution >= 0.6 is 11.3 Å². The van der Waals surface area contributed by atoms with Crippen molar-refractivity contribution in [3.63, 3.8) is 0 Å². The van der Waals surface area contributed by atoms with Crippen molar-refractivity contribution in [2.24, 2.45) is 10.1 Å². The van der Waals surface area contributed by atoms with Crippen molar-refractivity contribution >= 4 is 17.6 Å². The molecule has 0 saturated carbocycles. The lowest BCUT2D eigenvalue weighted by Gasteiger charge is -2.05. The molecule has 0 bridgehead atoms. The molecule has 3 aromatic rings. The molecular weight excluding hydrogens is 361 g/mol. The maximum Gasteiger partial charge on any atom is 0.206 e. The van der Waals surface area contributed by atoms with Gasteiger partial charge in [0, 0.05) is 18.1 Å². The van der Waals surface area contributed by atoms with E-state index >= 15 is 0 Å². The molecule has 0 saturated heterocycles. The van der Waals surface area contributed by atoms with Gasteiger partial charge in [-0.25, -0.2) is 9.07 Å². The number of methoxy groups -OCH3 is 1. The summed E-state index contributed by atoms with van der Waals surface area (Å²) in [6.45, 7) is 5.24. The van der Waals surface area contributed by atoms with E-state index in [1.165, 1.54) is 29.0 Å². The summed E-state index contributed by atoms with van der Waals surface area (Å²) in [7, 11) is 1.65. The van der Waals surface area contributed by atoms with Gasteiger partial charge in [-0.05, 0) is 49.2 Å². The smallest absolute Gasteiger partial charge is 0.206 e. The SMILES string of the molecule is COCCN=c1scc(-c2ccc(F)cc2)n1/N=C\c1ccc(C)cc1C. The van der Waals surface area contributed by atoms with Crippen LogP contribution in [0.25, 0.3) is 11.3 Å². The second-order valence-corrected chi connectivity index (χ2v) is 7.04. The minimum atomic E-state index is -0.260. The predicted octanol–water partition coefficient (Wildman–Crippen LogP) is 4.40. The summed E-state index contributed by atoms with van der Waals surface area (Å²) in [6, 6.07) is 12.7. The minimum absolute atomic E-state index is 0.260. The molecule has 0 spiro atoms. The molecule has 0 fully saturated rings. The Morgan fingerprint density at radius 2 is 1.93 bits per heavy atom. The molecule has 0 aliphatic heterocycles. The van der Waals surface area contributed by atoms with Gasteiger partial charge in [0.1, 0.15) is 5.82 Å². The van der Waals surface area contributed by atoms with Gasteiger partial charge in [0.25, 0.3) is 0 Å². The van der Waals surface area contributed by atoms with Gasteiger partial charge in [0.15, 0.2) is 0 Å². The lowest BCUT2D eigenvalue weighted by molar-refractivity contribution is 0.207. The molecule has 0 aliphatic carbocycles. The third-order valence-corrected chi connectivity index (χ3v) is 4.96. The fourth-order valence-electron chi connectivity index (χ4n) is 2.66. The summed E-state index contributed by atoms with van der Waals surface area (Å²) in [6.07, 6.45) is 1.84. The van der Waals surface area contributed by atoms with Gasteiger partial charge < -0.3 is 4.74 Å². The van der Waals surface area contributed by atoms with E-state index in [9.17, 15) is 4.39 Å². The summed E-state index contributed by atoms with van der Waals surface area (Å²) < 4.78 is 20.2. The van der Waals surface area contributed by atoms with Crippen molar-refractivity contribution < 1.29 is 9.13 Å². The summed E-state index contributed by atoms with van der Waals surface area (Å²) in [5.74, 6) is -0.260. The van der Waals surface area contributed by atoms with Gasteiger partial charge in [0.05, 0.1) is 25.1 Å². The normalized spacial score (nSPS) is 12.2. The lowest BCUT2D eigenvalue weighted by Crippen LogP contribution is -2.14. The molecule has 140 valence electrons. The number of hydrogen-bond acceptors (Lipinski definition) is 4. The van der Waals surface area contributed by atoms with Crippen LogP contribution in [0.3, 0.4) is 0 Å². The monoisotopic (exact) mass is 383 g/mol. The molecule has 0 unspecified atom stereocenters. The zero-order valence-corrected chi connectivity index (χ0v) is 16.5. The Bertz CT molecular complexity index is 1000. The number of halogens is 1. The van der Waals surface area contributed by atoms with Gasteiger partial charge in [-0.2, -0.15) is 5.10 Å². The molecule has 27 heavy (non-hydrogen) atoms. The summed E-state index contributed by atoms with van der Waals surface area (Å²) >= 11 is 1.50. The molecule has 1 heterocycles. The fourth-order valence-corrected chi connectivity index (χ4v) is 3.53. The number of aryl methyl sites for hydroxylation is 2. The summed E-state index contributed by atoms with van der Waals surface area (Å²) in [5, 5.41) is 6.66. The first kappa shape index (κ1) is 19.2. The maximum absolute atomic E-state index is 13.3. The van der Waals surface area contributed by atoms with Gasteiger partial charge in [0.2, 0.25) is 4.80 Å². The molecule has 0 N–H and O–H groups in total. The molecular formula is C21H22FN3OS. The number of ether oxygens (including phenoxy) is 1. The number of aromatic nitrogens is 1. The first-order valence-electron chi connectivity index (χ1n) is 8.66. The van der Waals surface area contributed by atoms with Crippen LogP contribution in [0.5, 0.6) is 0 Å². The van der Waals surface area contributed by atoms with Crippen LogP contribution in [0, 0.1) is 19.7 Å². The van der Waals surface area contributed by atoms with E-state index in [1.807, 2.05) is 11.6 Å². The molecule has 1 aromatic heterocycles. The zero-order valence-electron chi connectivity index (χ0n) is 15.6. The van der Waals surface area contributed by atoms with Gasteiger partial charge in [-0.3, -0.25) is 4.99 Å². The topological polar surface area (TPSA) is 38.9 Å². The van der Waals surface area contributed by atoms with E-state index in [4.69, 9.17) is 4.74 Å². The second-order valence-electron chi connectivity index (χ2n) is 6.20. The summed E-state index contributed by atoms with van der Waals surface area (Å²) in [4.78, 5) is 5.35. The number of rotatable bonds is 6. The molecule has 2 aromatic carbocycles. The standard InChI is InChI=1S/C21H22FN3OS/c1-15-4-5-18(16(2)12-15)13-24-25-20(17-6-8-19(22)9-7-17)14-27-21(25)23-10-11-26-3/h4-9,12-14H,10-11H2,1-3H3/b23-21?,24-13-. The van der Waals surface area contributed by atoms with Crippen molar-refractivity contribution in [2.75, 3.05) is 20.3 Å². The molecule has 4 nitrogen and oxygen atoms in total. The molecule has 0 aliphatic rings. The Balaban J connectivity index is 2.04. The Labute approximate surface area is 162 Å². The highest BCUT2D eigenvalue weighted by Gasteiger charge is 2.08. The Kier molecular flexibility index (Phi) is 6.32. The molecule has 6 heteroatoms. The largest absolute Gasteiger partial charge is 0.383 e. The first-order chi connectivity index (χ1) is 13.1. The molecule has 0 atom stereocenters. The highest BCUT2D eigenvalue weighted by atomic mass is 32.1. The van der Waals surface area contributed by atoms with Crippen molar-refractivity contribution in [1.29, 1.82) is 0 Å². The number of benzene rings is 2. The van der Waals surface area contributed by atoms with Crippen molar-refractivity contribution in [1.82, 2.24) is 4.68 Å². The van der Waals surface area contributed by atoms with E-state index in [2.05, 4.69) is 42.1 Å². The van der Waals surface area contributed by atoms with Crippen LogP contribution in [0.15, 0.2) is 57.9 Å². The lowest BCUT2D eigenvalue weighted by atomic mass is 10.1. The van der Waals surface area contributed by atoms with E-state index < -0.39 is 0 Å². The van der Waals surface area contributed by atoms with Crippen LogP contribution in [0.4, 0.5) is 4.39 Å². The van der Waals surface area contributed by atoms with Crippen LogP contribution in [-0.4, -0.2) is 31.2 Å². The average Bonchev–Trinajstić information content (AvgIpc) is 3.05. The van der Waals surface area contributed by atoms with Crippen molar-refractivity contribution in [2.45, 2.75) is 13.8 Å². The van der Waals surface area contributed by atoms with Crippen LogP contribution in [0.2, 0.25) is 0 Å². The summed E-state index contributed by atoms with van der Waals surface area (Å²) in [5.41, 5.74) is 5.19. The first-order valence-corrected chi connectivity index (χ1v) is 9.54. The van der Waals surface area contributed by atoms with Crippen LogP contribution in [0.1, 0.15) is 16.7 Å². The average molecular weight is 383 g/mol. The minimum Gasteiger partial charge on any atom is -0.383 e. The van der Waals surface area contributed by atoms with Crippen molar-refractivity contribution in [3.8, 4) is 11.3 Å². The Morgan fingerprint density at radius 1 is 1.15 bits per heavy atom. The van der Waals surface area contributed by atoms with E-state index in [0.717, 1.165) is 27.2 Å². The maximum atomic E-state index is 13.3. The molecule has 3 rings (SSSR count). The molecule has 0 radical (unpaired) electrons.